The van der Waals surface area contributed by atoms with E-state index < -0.39 is 66.7 Å². The zero-order valence-corrected chi connectivity index (χ0v) is 23.4. The Morgan fingerprint density at radius 1 is 0.825 bits per heavy atom. The van der Waals surface area contributed by atoms with Gasteiger partial charge in [-0.25, -0.2) is 9.59 Å². The summed E-state index contributed by atoms with van der Waals surface area (Å²) in [6.07, 6.45) is -7.52. The third-order valence-corrected chi connectivity index (χ3v) is 5.61. The van der Waals surface area contributed by atoms with Crippen LogP contribution in [0.2, 0.25) is 0 Å². The number of benzene rings is 1. The van der Waals surface area contributed by atoms with Gasteiger partial charge in [0.05, 0.1) is 26.4 Å². The molecule has 2 rings (SSSR count). The highest BCUT2D eigenvalue weighted by molar-refractivity contribution is 5.80. The molecule has 0 radical (unpaired) electrons. The fourth-order valence-corrected chi connectivity index (χ4v) is 4.06. The van der Waals surface area contributed by atoms with Crippen molar-refractivity contribution in [3.8, 4) is 5.75 Å². The molecular formula is C27H36O13. The molecule has 13 heteroatoms. The van der Waals surface area contributed by atoms with Gasteiger partial charge < -0.3 is 37.9 Å². The smallest absolute Gasteiger partial charge is 0.351 e. The summed E-state index contributed by atoms with van der Waals surface area (Å²) in [5.74, 6) is -3.44. The van der Waals surface area contributed by atoms with Crippen molar-refractivity contribution in [2.24, 2.45) is 0 Å². The lowest BCUT2D eigenvalue weighted by molar-refractivity contribution is -0.272. The highest BCUT2D eigenvalue weighted by Gasteiger charge is 2.44. The van der Waals surface area contributed by atoms with Gasteiger partial charge in [0.15, 0.2) is 12.4 Å². The van der Waals surface area contributed by atoms with E-state index in [1.54, 1.807) is 38.1 Å². The van der Waals surface area contributed by atoms with Crippen LogP contribution in [-0.4, -0.2) is 80.7 Å². The molecule has 1 fully saturated rings. The van der Waals surface area contributed by atoms with E-state index in [0.29, 0.717) is 11.3 Å². The molecule has 1 unspecified atom stereocenters. The Balaban J connectivity index is 2.47. The molecule has 6 atom stereocenters. The minimum atomic E-state index is -1.58. The van der Waals surface area contributed by atoms with Crippen LogP contribution >= 0.6 is 0 Å². The lowest BCUT2D eigenvalue weighted by Crippen LogP contribution is -2.49. The molecule has 0 amide bonds. The zero-order valence-electron chi connectivity index (χ0n) is 23.4. The lowest BCUT2D eigenvalue weighted by Gasteiger charge is -2.39. The average Bonchev–Trinajstić information content (AvgIpc) is 2.89. The molecule has 1 aromatic carbocycles. The molecule has 1 saturated heterocycles. The molecule has 13 nitrogen and oxygen atoms in total. The Morgan fingerprint density at radius 2 is 1.40 bits per heavy atom. The summed E-state index contributed by atoms with van der Waals surface area (Å²) in [7, 11) is 1.51. The van der Waals surface area contributed by atoms with E-state index in [4.69, 9.17) is 37.9 Å². The van der Waals surface area contributed by atoms with E-state index in [-0.39, 0.29) is 26.1 Å². The summed E-state index contributed by atoms with van der Waals surface area (Å²) < 4.78 is 43.3. The molecule has 1 heterocycles. The molecule has 40 heavy (non-hydrogen) atoms. The molecule has 0 saturated carbocycles. The summed E-state index contributed by atoms with van der Waals surface area (Å²) in [6.45, 7) is 6.56. The van der Waals surface area contributed by atoms with E-state index in [1.165, 1.54) is 7.11 Å². The van der Waals surface area contributed by atoms with Gasteiger partial charge in [-0.2, -0.15) is 0 Å². The zero-order chi connectivity index (χ0) is 29.8. The summed E-state index contributed by atoms with van der Waals surface area (Å²) in [6, 6.07) is 6.71. The minimum Gasteiger partial charge on any atom is -0.497 e. The van der Waals surface area contributed by atoms with Crippen molar-refractivity contribution in [1.29, 1.82) is 0 Å². The first-order chi connectivity index (χ1) is 19.0. The largest absolute Gasteiger partial charge is 0.497 e. The summed E-state index contributed by atoms with van der Waals surface area (Å²) in [4.78, 5) is 61.0. The lowest BCUT2D eigenvalue weighted by atomic mass is 9.97. The van der Waals surface area contributed by atoms with Crippen LogP contribution in [0.5, 0.6) is 5.75 Å². The van der Waals surface area contributed by atoms with Gasteiger partial charge in [0, 0.05) is 39.2 Å². The van der Waals surface area contributed by atoms with Gasteiger partial charge in [-0.15, -0.1) is 0 Å². The van der Waals surface area contributed by atoms with Crippen LogP contribution < -0.4 is 4.74 Å². The number of methoxy groups -OCH3 is 1. The number of hydrogen-bond acceptors (Lipinski definition) is 13. The van der Waals surface area contributed by atoms with E-state index in [1.807, 2.05) is 0 Å². The van der Waals surface area contributed by atoms with E-state index in [0.717, 1.165) is 20.8 Å². The monoisotopic (exact) mass is 568 g/mol. The van der Waals surface area contributed by atoms with Crippen LogP contribution in [0.1, 0.15) is 59.3 Å². The molecule has 1 aliphatic rings. The van der Waals surface area contributed by atoms with Gasteiger partial charge in [0.2, 0.25) is 12.2 Å². The number of esters is 5. The summed E-state index contributed by atoms with van der Waals surface area (Å²) >= 11 is 0. The van der Waals surface area contributed by atoms with Crippen LogP contribution in [0.4, 0.5) is 0 Å². The fraction of sp³-hybridized carbons (Fsp3) is 0.593. The molecule has 0 spiro atoms. The molecule has 0 aliphatic carbocycles. The van der Waals surface area contributed by atoms with Crippen molar-refractivity contribution in [1.82, 2.24) is 0 Å². The van der Waals surface area contributed by atoms with Gasteiger partial charge in [-0.3, -0.25) is 14.4 Å². The van der Waals surface area contributed by atoms with Crippen molar-refractivity contribution in [3.05, 3.63) is 29.8 Å². The third kappa shape index (κ3) is 9.79. The highest BCUT2D eigenvalue weighted by atomic mass is 16.7. The second-order valence-corrected chi connectivity index (χ2v) is 8.72. The number of carbonyl (C=O) groups excluding carboxylic acids is 5. The molecule has 1 aromatic rings. The Labute approximate surface area is 232 Å². The first-order valence-electron chi connectivity index (χ1n) is 12.8. The quantitative estimate of drug-likeness (QED) is 0.252. The van der Waals surface area contributed by atoms with Crippen LogP contribution in [0.3, 0.4) is 0 Å². The minimum absolute atomic E-state index is 0.0115. The first-order valence-corrected chi connectivity index (χ1v) is 12.8. The topological polar surface area (TPSA) is 159 Å². The second kappa shape index (κ2) is 15.8. The second-order valence-electron chi connectivity index (χ2n) is 8.72. The predicted molar refractivity (Wildman–Crippen MR) is 135 cm³/mol. The van der Waals surface area contributed by atoms with Crippen molar-refractivity contribution in [2.75, 3.05) is 20.3 Å². The maximum absolute atomic E-state index is 12.7. The van der Waals surface area contributed by atoms with E-state index in [2.05, 4.69) is 0 Å². The van der Waals surface area contributed by atoms with Crippen LogP contribution in [-0.2, 0) is 57.1 Å². The summed E-state index contributed by atoms with van der Waals surface area (Å²) in [5.41, 5.74) is 0.534. The number of hydrogen-bond donors (Lipinski definition) is 0. The van der Waals surface area contributed by atoms with Crippen LogP contribution in [0.25, 0.3) is 0 Å². The van der Waals surface area contributed by atoms with Gasteiger partial charge in [-0.05, 0) is 26.0 Å². The number of ether oxygens (including phenoxy) is 8. The van der Waals surface area contributed by atoms with E-state index in [9.17, 15) is 24.0 Å². The molecule has 0 bridgehead atoms. The Morgan fingerprint density at radius 3 is 1.93 bits per heavy atom. The number of carbonyl (C=O) groups is 5. The van der Waals surface area contributed by atoms with Gasteiger partial charge in [0.1, 0.15) is 11.9 Å². The molecular weight excluding hydrogens is 532 g/mol. The standard InChI is InChI=1S/C27H36O13/c1-7-34-25(31)23(37-16(4)29)21(36-15(3)28)13-20-14-22(24(38-17(5)30)26(32)35-8-2)40-27(39-20)18-9-11-19(33-6)12-10-18/h9-12,20-24,27H,7-8,13-14H2,1-6H3/t20-,21-,22-,23+,24+,27?/m1/s1. The average molecular weight is 569 g/mol. The van der Waals surface area contributed by atoms with Gasteiger partial charge >= 0.3 is 29.8 Å². The maximum atomic E-state index is 12.7. The Bertz CT molecular complexity index is 1020. The van der Waals surface area contributed by atoms with Crippen molar-refractivity contribution >= 4 is 29.8 Å². The Hall–Kier alpha value is -3.71. The highest BCUT2D eigenvalue weighted by Crippen LogP contribution is 2.35. The summed E-state index contributed by atoms with van der Waals surface area (Å²) in [5, 5.41) is 0. The molecule has 0 aromatic heterocycles. The molecule has 0 N–H and O–H groups in total. The van der Waals surface area contributed by atoms with Crippen LogP contribution in [0.15, 0.2) is 24.3 Å². The van der Waals surface area contributed by atoms with Crippen molar-refractivity contribution in [2.45, 2.75) is 84.3 Å². The normalized spacial score (nSPS) is 20.7. The maximum Gasteiger partial charge on any atom is 0.351 e. The number of rotatable bonds is 13. The SMILES string of the molecule is CCOC(=O)[C@@H](OC(C)=O)[C@@H](C[C@@H]1C[C@H]([C@H](OC(C)=O)C(=O)OCC)OC(c2ccc(OC)cc2)O1)OC(C)=O. The predicted octanol–water partition coefficient (Wildman–Crippen LogP) is 2.18. The third-order valence-electron chi connectivity index (χ3n) is 5.61. The fourth-order valence-electron chi connectivity index (χ4n) is 4.06. The van der Waals surface area contributed by atoms with Crippen molar-refractivity contribution in [3.63, 3.8) is 0 Å². The van der Waals surface area contributed by atoms with E-state index >= 15 is 0 Å². The first kappa shape index (κ1) is 32.5. The molecule has 222 valence electrons. The van der Waals surface area contributed by atoms with Crippen LogP contribution in [0, 0.1) is 0 Å². The molecule has 1 aliphatic heterocycles. The van der Waals surface area contributed by atoms with Crippen molar-refractivity contribution < 1.29 is 61.9 Å². The van der Waals surface area contributed by atoms with Gasteiger partial charge in [0.25, 0.3) is 0 Å². The van der Waals surface area contributed by atoms with Gasteiger partial charge in [-0.1, -0.05) is 12.1 Å². The Kier molecular flexibility index (Phi) is 12.8.